The minimum atomic E-state index is -0.494. The van der Waals surface area contributed by atoms with Crippen molar-refractivity contribution in [2.75, 3.05) is 0 Å². The number of amides is 2. The maximum Gasteiger partial charge on any atom is 0.407 e. The second-order valence-electron chi connectivity index (χ2n) is 8.06. The van der Waals surface area contributed by atoms with Crippen LogP contribution in [0.3, 0.4) is 0 Å². The normalized spacial score (nSPS) is 23.8. The number of carbonyl (C=O) groups excluding carboxylic acids is 2. The van der Waals surface area contributed by atoms with Gasteiger partial charge in [0.05, 0.1) is 0 Å². The molecule has 3 rings (SSSR count). The Morgan fingerprint density at radius 1 is 1.08 bits per heavy atom. The standard InChI is InChI=1S/C18H27N3O4/c1-18(2,3)24-17(23)20-13-8-6-12(7-9-13)19-16(22)14-10-15(25-21-14)11-4-5-11/h10-13H,4-9H2,1-3H3,(H,19,22)(H,20,23)/t12-,13-. The number of hydrogen-bond acceptors (Lipinski definition) is 5. The molecule has 0 saturated heterocycles. The molecule has 0 bridgehead atoms. The van der Waals surface area contributed by atoms with Gasteiger partial charge in [0, 0.05) is 24.1 Å². The molecule has 2 saturated carbocycles. The van der Waals surface area contributed by atoms with Crippen molar-refractivity contribution in [2.45, 2.75) is 82.9 Å². The molecule has 0 unspecified atom stereocenters. The first-order chi connectivity index (χ1) is 11.8. The van der Waals surface area contributed by atoms with Gasteiger partial charge in [0.25, 0.3) is 5.91 Å². The lowest BCUT2D eigenvalue weighted by atomic mass is 9.91. The molecule has 7 nitrogen and oxygen atoms in total. The highest BCUT2D eigenvalue weighted by atomic mass is 16.6. The van der Waals surface area contributed by atoms with Crippen LogP contribution in [0.2, 0.25) is 0 Å². The monoisotopic (exact) mass is 349 g/mol. The van der Waals surface area contributed by atoms with Gasteiger partial charge in [-0.05, 0) is 59.3 Å². The smallest absolute Gasteiger partial charge is 0.407 e. The number of alkyl carbamates (subject to hydrolysis) is 1. The minimum absolute atomic E-state index is 0.0940. The summed E-state index contributed by atoms with van der Waals surface area (Å²) in [5, 5.41) is 9.79. The maximum absolute atomic E-state index is 12.3. The topological polar surface area (TPSA) is 93.5 Å². The van der Waals surface area contributed by atoms with E-state index in [4.69, 9.17) is 9.26 Å². The third-order valence-electron chi connectivity index (χ3n) is 4.52. The number of hydrogen-bond donors (Lipinski definition) is 2. The molecule has 1 heterocycles. The molecule has 2 aliphatic carbocycles. The van der Waals surface area contributed by atoms with Gasteiger partial charge in [0.15, 0.2) is 5.69 Å². The third kappa shape index (κ3) is 5.21. The largest absolute Gasteiger partial charge is 0.444 e. The summed E-state index contributed by atoms with van der Waals surface area (Å²) in [6.07, 6.45) is 5.12. The van der Waals surface area contributed by atoms with E-state index in [-0.39, 0.29) is 24.1 Å². The van der Waals surface area contributed by atoms with Crippen LogP contribution in [-0.4, -0.2) is 34.8 Å². The minimum Gasteiger partial charge on any atom is -0.444 e. The van der Waals surface area contributed by atoms with Crippen molar-refractivity contribution in [3.8, 4) is 0 Å². The van der Waals surface area contributed by atoms with Gasteiger partial charge in [-0.15, -0.1) is 0 Å². The molecule has 138 valence electrons. The first-order valence-corrected chi connectivity index (χ1v) is 9.07. The lowest BCUT2D eigenvalue weighted by Gasteiger charge is -2.30. The lowest BCUT2D eigenvalue weighted by Crippen LogP contribution is -2.45. The van der Waals surface area contributed by atoms with Crippen LogP contribution in [0.5, 0.6) is 0 Å². The van der Waals surface area contributed by atoms with Crippen molar-refractivity contribution in [3.05, 3.63) is 17.5 Å². The summed E-state index contributed by atoms with van der Waals surface area (Å²) in [5.41, 5.74) is -0.137. The van der Waals surface area contributed by atoms with Crippen LogP contribution in [0, 0.1) is 0 Å². The van der Waals surface area contributed by atoms with E-state index in [9.17, 15) is 9.59 Å². The van der Waals surface area contributed by atoms with Gasteiger partial charge in [0.1, 0.15) is 11.4 Å². The van der Waals surface area contributed by atoms with Gasteiger partial charge in [-0.1, -0.05) is 5.16 Å². The molecule has 0 spiro atoms. The molecule has 2 amide bonds. The highest BCUT2D eigenvalue weighted by molar-refractivity contribution is 5.92. The van der Waals surface area contributed by atoms with E-state index in [0.717, 1.165) is 44.3 Å². The first kappa shape index (κ1) is 17.8. The van der Waals surface area contributed by atoms with Crippen LogP contribution in [0.15, 0.2) is 10.6 Å². The van der Waals surface area contributed by atoms with Gasteiger partial charge in [-0.25, -0.2) is 4.79 Å². The highest BCUT2D eigenvalue weighted by Crippen LogP contribution is 2.40. The molecule has 2 fully saturated rings. The fourth-order valence-corrected chi connectivity index (χ4v) is 3.07. The Labute approximate surface area is 147 Å². The quantitative estimate of drug-likeness (QED) is 0.871. The van der Waals surface area contributed by atoms with Crippen LogP contribution in [0.25, 0.3) is 0 Å². The van der Waals surface area contributed by atoms with Crippen molar-refractivity contribution >= 4 is 12.0 Å². The van der Waals surface area contributed by atoms with E-state index in [0.29, 0.717) is 11.6 Å². The van der Waals surface area contributed by atoms with Gasteiger partial charge in [-0.3, -0.25) is 4.79 Å². The van der Waals surface area contributed by atoms with Crippen molar-refractivity contribution in [1.29, 1.82) is 0 Å². The van der Waals surface area contributed by atoms with Crippen LogP contribution < -0.4 is 10.6 Å². The zero-order valence-electron chi connectivity index (χ0n) is 15.1. The van der Waals surface area contributed by atoms with E-state index in [2.05, 4.69) is 15.8 Å². The van der Waals surface area contributed by atoms with Gasteiger partial charge >= 0.3 is 6.09 Å². The molecule has 1 aromatic rings. The summed E-state index contributed by atoms with van der Waals surface area (Å²) in [6, 6.07) is 1.95. The highest BCUT2D eigenvalue weighted by Gasteiger charge is 2.30. The van der Waals surface area contributed by atoms with Gasteiger partial charge in [-0.2, -0.15) is 0 Å². The van der Waals surface area contributed by atoms with Crippen molar-refractivity contribution < 1.29 is 18.8 Å². The Hall–Kier alpha value is -2.05. The fourth-order valence-electron chi connectivity index (χ4n) is 3.07. The van der Waals surface area contributed by atoms with Crippen molar-refractivity contribution in [1.82, 2.24) is 15.8 Å². The summed E-state index contributed by atoms with van der Waals surface area (Å²) < 4.78 is 10.5. The van der Waals surface area contributed by atoms with E-state index >= 15 is 0 Å². The third-order valence-corrected chi connectivity index (χ3v) is 4.52. The summed E-state index contributed by atoms with van der Waals surface area (Å²) in [5.74, 6) is 1.08. The molecule has 1 aromatic heterocycles. The summed E-state index contributed by atoms with van der Waals surface area (Å²) in [4.78, 5) is 24.1. The number of aromatic nitrogens is 1. The molecule has 0 aliphatic heterocycles. The van der Waals surface area contributed by atoms with Crippen LogP contribution in [0.1, 0.15) is 81.5 Å². The summed E-state index contributed by atoms with van der Waals surface area (Å²) in [6.45, 7) is 5.53. The van der Waals surface area contributed by atoms with Crippen LogP contribution >= 0.6 is 0 Å². The predicted octanol–water partition coefficient (Wildman–Crippen LogP) is 3.12. The number of rotatable bonds is 4. The molecule has 2 aliphatic rings. The zero-order chi connectivity index (χ0) is 18.0. The second-order valence-corrected chi connectivity index (χ2v) is 8.06. The number of carbonyl (C=O) groups is 2. The SMILES string of the molecule is CC(C)(C)OC(=O)N[C@H]1CC[C@H](NC(=O)c2cc(C3CC3)on2)CC1. The Morgan fingerprint density at radius 2 is 1.68 bits per heavy atom. The average molecular weight is 349 g/mol. The second kappa shape index (κ2) is 7.06. The van der Waals surface area contributed by atoms with Crippen LogP contribution in [-0.2, 0) is 4.74 Å². The van der Waals surface area contributed by atoms with Crippen molar-refractivity contribution in [3.63, 3.8) is 0 Å². The molecular weight excluding hydrogens is 322 g/mol. The number of ether oxygens (including phenoxy) is 1. The molecule has 7 heteroatoms. The zero-order valence-corrected chi connectivity index (χ0v) is 15.1. The number of nitrogens with zero attached hydrogens (tertiary/aromatic N) is 1. The maximum atomic E-state index is 12.3. The molecule has 25 heavy (non-hydrogen) atoms. The first-order valence-electron chi connectivity index (χ1n) is 9.07. The lowest BCUT2D eigenvalue weighted by molar-refractivity contribution is 0.0488. The molecule has 0 radical (unpaired) electrons. The molecule has 0 aromatic carbocycles. The Balaban J connectivity index is 1.41. The van der Waals surface area contributed by atoms with E-state index in [1.165, 1.54) is 0 Å². The fraction of sp³-hybridized carbons (Fsp3) is 0.722. The molecule has 2 N–H and O–H groups in total. The Kier molecular flexibility index (Phi) is 5.01. The summed E-state index contributed by atoms with van der Waals surface area (Å²) in [7, 11) is 0. The van der Waals surface area contributed by atoms with Crippen LogP contribution in [0.4, 0.5) is 4.79 Å². The molecular formula is C18H27N3O4. The van der Waals surface area contributed by atoms with Crippen molar-refractivity contribution in [2.24, 2.45) is 0 Å². The average Bonchev–Trinajstić information content (AvgIpc) is 3.24. The summed E-state index contributed by atoms with van der Waals surface area (Å²) >= 11 is 0. The van der Waals surface area contributed by atoms with E-state index < -0.39 is 5.60 Å². The van der Waals surface area contributed by atoms with Gasteiger partial charge < -0.3 is 19.9 Å². The van der Waals surface area contributed by atoms with E-state index in [1.54, 1.807) is 6.07 Å². The number of nitrogens with one attached hydrogen (secondary N) is 2. The molecule has 0 atom stereocenters. The van der Waals surface area contributed by atoms with Gasteiger partial charge in [0.2, 0.25) is 0 Å². The Bertz CT molecular complexity index is 623. The Morgan fingerprint density at radius 3 is 2.24 bits per heavy atom. The predicted molar refractivity (Wildman–Crippen MR) is 91.4 cm³/mol. The van der Waals surface area contributed by atoms with E-state index in [1.807, 2.05) is 20.8 Å².